The van der Waals surface area contributed by atoms with Crippen LogP contribution in [0.1, 0.15) is 13.3 Å². The third kappa shape index (κ3) is 9.66. The number of oxime groups is 1. The molecule has 0 radical (unpaired) electrons. The quantitative estimate of drug-likeness (QED) is 0.228. The fourth-order valence-corrected chi connectivity index (χ4v) is 1.76. The van der Waals surface area contributed by atoms with Crippen LogP contribution in [0.2, 0.25) is 0 Å². The largest absolute Gasteiger partial charge is 0.370 e. The van der Waals surface area contributed by atoms with Gasteiger partial charge < -0.3 is 15.3 Å². The molecular weight excluding hydrogens is 250 g/mol. The number of thioether (sulfide) groups is 1. The molecule has 0 rings (SSSR count). The summed E-state index contributed by atoms with van der Waals surface area (Å²) in [5.41, 5.74) is 4.98. The molecule has 0 saturated heterocycles. The number of carbonyl (C=O) groups is 2. The highest BCUT2D eigenvalue weighted by atomic mass is 32.2. The van der Waals surface area contributed by atoms with Crippen molar-refractivity contribution in [3.63, 3.8) is 0 Å². The van der Waals surface area contributed by atoms with E-state index in [2.05, 4.69) is 10.5 Å². The van der Waals surface area contributed by atoms with Gasteiger partial charge in [0.25, 0.3) is 0 Å². The Kier molecular flexibility index (Phi) is 8.82. The summed E-state index contributed by atoms with van der Waals surface area (Å²) in [5, 5.41) is 6.88. The van der Waals surface area contributed by atoms with E-state index in [0.29, 0.717) is 17.2 Å². The molecule has 2 amide bonds. The summed E-state index contributed by atoms with van der Waals surface area (Å²) in [7, 11) is 1.55. The zero-order chi connectivity index (χ0) is 12.4. The molecule has 0 heterocycles. The molecule has 0 aromatic rings. The molecule has 3 N–H and O–H groups in total. The Morgan fingerprint density at radius 2 is 2.19 bits per heavy atom. The van der Waals surface area contributed by atoms with Crippen molar-refractivity contribution < 1.29 is 13.9 Å². The number of nitrogens with two attached hydrogens (primary N) is 1. The van der Waals surface area contributed by atoms with E-state index < -0.39 is 0 Å². The molecule has 0 saturated carbocycles. The summed E-state index contributed by atoms with van der Waals surface area (Å²) in [6, 6.07) is 0. The Labute approximate surface area is 103 Å². The fraction of sp³-hybridized carbons (Fsp3) is 0.625. The van der Waals surface area contributed by atoms with Crippen molar-refractivity contribution in [2.75, 3.05) is 18.6 Å². The van der Waals surface area contributed by atoms with Crippen molar-refractivity contribution in [1.82, 2.24) is 5.32 Å². The second-order valence-electron chi connectivity index (χ2n) is 2.68. The molecule has 0 fully saturated rings. The third-order valence-electron chi connectivity index (χ3n) is 1.35. The van der Waals surface area contributed by atoms with Gasteiger partial charge in [0.1, 0.15) is 10.8 Å². The van der Waals surface area contributed by atoms with Gasteiger partial charge in [-0.1, -0.05) is 5.16 Å². The molecule has 0 unspecified atom stereocenters. The van der Waals surface area contributed by atoms with Gasteiger partial charge in [0.15, 0.2) is 0 Å². The first-order valence-corrected chi connectivity index (χ1v) is 6.40. The van der Waals surface area contributed by atoms with Gasteiger partial charge in [-0.15, -0.1) is 11.8 Å². The van der Waals surface area contributed by atoms with E-state index in [1.165, 1.54) is 11.8 Å². The molecule has 16 heavy (non-hydrogen) atoms. The van der Waals surface area contributed by atoms with E-state index in [4.69, 9.17) is 10.0 Å². The zero-order valence-electron chi connectivity index (χ0n) is 9.19. The topological polar surface area (TPSA) is 93.8 Å². The smallest absolute Gasteiger partial charge is 0.233 e. The molecule has 8 heteroatoms. The highest BCUT2D eigenvalue weighted by molar-refractivity contribution is 8.13. The van der Waals surface area contributed by atoms with Gasteiger partial charge in [-0.3, -0.25) is 9.59 Å². The monoisotopic (exact) mass is 265 g/mol. The summed E-state index contributed by atoms with van der Waals surface area (Å²) in [5.74, 6) is 0.308. The predicted octanol–water partition coefficient (Wildman–Crippen LogP) is 0.339. The second kappa shape index (κ2) is 9.34. The maximum Gasteiger partial charge on any atom is 0.233 e. The first-order valence-electron chi connectivity index (χ1n) is 4.51. The fourth-order valence-electron chi connectivity index (χ4n) is 0.557. The molecule has 0 aliphatic carbocycles. The lowest BCUT2D eigenvalue weighted by Crippen LogP contribution is -2.19. The minimum Gasteiger partial charge on any atom is -0.370 e. The average Bonchev–Trinajstić information content (AvgIpc) is 2.23. The molecule has 0 spiro atoms. The van der Waals surface area contributed by atoms with Crippen LogP contribution in [0.4, 0.5) is 0 Å². The normalized spacial score (nSPS) is 11.0. The predicted molar refractivity (Wildman–Crippen MR) is 67.0 cm³/mol. The minimum absolute atomic E-state index is 0.126. The molecule has 0 bridgehead atoms. The molecular formula is C8H15N3O3S2. The van der Waals surface area contributed by atoms with Crippen LogP contribution in [0.15, 0.2) is 5.16 Å². The molecule has 0 aliphatic heterocycles. The average molecular weight is 265 g/mol. The van der Waals surface area contributed by atoms with Gasteiger partial charge in [-0.05, 0) is 6.92 Å². The van der Waals surface area contributed by atoms with Crippen LogP contribution >= 0.6 is 23.8 Å². The van der Waals surface area contributed by atoms with Gasteiger partial charge in [0.2, 0.25) is 11.8 Å². The van der Waals surface area contributed by atoms with Gasteiger partial charge in [-0.2, -0.15) is 0 Å². The lowest BCUT2D eigenvalue weighted by molar-refractivity contribution is -0.118. The van der Waals surface area contributed by atoms with Crippen LogP contribution in [0.25, 0.3) is 0 Å². The highest BCUT2D eigenvalue weighted by Gasteiger charge is 2.00. The van der Waals surface area contributed by atoms with E-state index in [-0.39, 0.29) is 17.6 Å². The van der Waals surface area contributed by atoms with E-state index in [1.807, 2.05) is 0 Å². The summed E-state index contributed by atoms with van der Waals surface area (Å²) >= 11 is 2.33. The summed E-state index contributed by atoms with van der Waals surface area (Å²) in [6.45, 7) is 1.76. The minimum atomic E-state index is -0.338. The van der Waals surface area contributed by atoms with E-state index in [1.54, 1.807) is 14.0 Å². The van der Waals surface area contributed by atoms with Crippen LogP contribution in [0, 0.1) is 0 Å². The van der Waals surface area contributed by atoms with Crippen molar-refractivity contribution in [1.29, 1.82) is 0 Å². The number of nitrogens with one attached hydrogen (secondary N) is 1. The van der Waals surface area contributed by atoms with E-state index in [0.717, 1.165) is 12.0 Å². The van der Waals surface area contributed by atoms with Crippen molar-refractivity contribution >= 4 is 40.7 Å². The molecule has 0 aromatic heterocycles. The maximum atomic E-state index is 10.8. The Hall–Kier alpha value is -0.890. The summed E-state index contributed by atoms with van der Waals surface area (Å²) in [4.78, 5) is 21.2. The second-order valence-corrected chi connectivity index (χ2v) is 4.65. The standard InChI is InChI=1S/C8H15N3O3S2/c1-6(15-4-3-7(9)12)11-14-16-5-8(13)10-2/h3-5H2,1-2H3,(H2,9,12)(H,10,13). The summed E-state index contributed by atoms with van der Waals surface area (Å²) in [6.07, 6.45) is 0.308. The van der Waals surface area contributed by atoms with Crippen molar-refractivity contribution in [3.05, 3.63) is 0 Å². The SMILES string of the molecule is CNC(=O)CSON=C(C)SCCC(N)=O. The number of carbonyl (C=O) groups excluding carboxylic acids is 2. The highest BCUT2D eigenvalue weighted by Crippen LogP contribution is 2.09. The molecule has 0 aromatic carbocycles. The Morgan fingerprint density at radius 3 is 2.75 bits per heavy atom. The number of hydrogen-bond acceptors (Lipinski definition) is 6. The van der Waals surface area contributed by atoms with Gasteiger partial charge in [0, 0.05) is 19.2 Å². The lowest BCUT2D eigenvalue weighted by Gasteiger charge is -1.99. The lowest BCUT2D eigenvalue weighted by atomic mass is 10.5. The Morgan fingerprint density at radius 1 is 1.50 bits per heavy atom. The van der Waals surface area contributed by atoms with Crippen molar-refractivity contribution in [2.45, 2.75) is 13.3 Å². The van der Waals surface area contributed by atoms with Crippen LogP contribution < -0.4 is 11.1 Å². The molecule has 6 nitrogen and oxygen atoms in total. The summed E-state index contributed by atoms with van der Waals surface area (Å²) < 4.78 is 4.83. The van der Waals surface area contributed by atoms with E-state index in [9.17, 15) is 9.59 Å². The molecule has 0 atom stereocenters. The number of rotatable bonds is 7. The number of amides is 2. The number of hydrogen-bond donors (Lipinski definition) is 2. The molecule has 92 valence electrons. The van der Waals surface area contributed by atoms with Crippen LogP contribution in [0.3, 0.4) is 0 Å². The van der Waals surface area contributed by atoms with Crippen LogP contribution in [-0.2, 0) is 13.9 Å². The molecule has 0 aliphatic rings. The van der Waals surface area contributed by atoms with Crippen molar-refractivity contribution in [2.24, 2.45) is 10.9 Å². The first kappa shape index (κ1) is 15.1. The van der Waals surface area contributed by atoms with Crippen molar-refractivity contribution in [3.8, 4) is 0 Å². The van der Waals surface area contributed by atoms with Crippen LogP contribution in [-0.4, -0.2) is 35.4 Å². The zero-order valence-corrected chi connectivity index (χ0v) is 10.8. The Bertz CT molecular complexity index is 271. The maximum absolute atomic E-state index is 10.8. The van der Waals surface area contributed by atoms with Gasteiger partial charge in [-0.25, -0.2) is 0 Å². The van der Waals surface area contributed by atoms with Gasteiger partial charge >= 0.3 is 0 Å². The number of primary amides is 1. The van der Waals surface area contributed by atoms with E-state index >= 15 is 0 Å². The van der Waals surface area contributed by atoms with Crippen LogP contribution in [0.5, 0.6) is 0 Å². The third-order valence-corrected chi connectivity index (χ3v) is 2.81. The Balaban J connectivity index is 3.55. The number of nitrogens with zero attached hydrogens (tertiary/aromatic N) is 1. The van der Waals surface area contributed by atoms with Gasteiger partial charge in [0.05, 0.1) is 12.0 Å². The first-order chi connectivity index (χ1) is 7.56.